The zero-order chi connectivity index (χ0) is 9.14. The second-order valence-corrected chi connectivity index (χ2v) is 4.47. The van der Waals surface area contributed by atoms with Gasteiger partial charge < -0.3 is 4.90 Å². The topological polar surface area (TPSA) is 32.3 Å². The molecule has 1 aliphatic rings. The summed E-state index contributed by atoms with van der Waals surface area (Å²) in [7, 11) is 0. The SMILES string of the molecule is CSC(C)CN1CNC(C)C1=O. The lowest BCUT2D eigenvalue weighted by atomic mass is 10.3. The fraction of sp³-hybridized carbons (Fsp3) is 0.875. The van der Waals surface area contributed by atoms with Crippen molar-refractivity contribution in [3.05, 3.63) is 0 Å². The van der Waals surface area contributed by atoms with Crippen molar-refractivity contribution in [2.75, 3.05) is 19.5 Å². The van der Waals surface area contributed by atoms with E-state index in [1.165, 1.54) is 0 Å². The first-order chi connectivity index (χ1) is 5.65. The molecule has 0 aromatic carbocycles. The summed E-state index contributed by atoms with van der Waals surface area (Å²) >= 11 is 1.79. The molecule has 1 fully saturated rings. The van der Waals surface area contributed by atoms with Crippen molar-refractivity contribution in [1.82, 2.24) is 10.2 Å². The summed E-state index contributed by atoms with van der Waals surface area (Å²) in [5.74, 6) is 0.232. The molecule has 1 aliphatic heterocycles. The summed E-state index contributed by atoms with van der Waals surface area (Å²) < 4.78 is 0. The molecular formula is C8H16N2OS. The maximum Gasteiger partial charge on any atom is 0.240 e. The predicted molar refractivity (Wildman–Crippen MR) is 52.2 cm³/mol. The van der Waals surface area contributed by atoms with Gasteiger partial charge in [-0.3, -0.25) is 10.1 Å². The Morgan fingerprint density at radius 3 is 2.92 bits per heavy atom. The first-order valence-electron chi connectivity index (χ1n) is 4.20. The minimum atomic E-state index is 0.0130. The molecule has 3 nitrogen and oxygen atoms in total. The van der Waals surface area contributed by atoms with Crippen molar-refractivity contribution < 1.29 is 4.79 Å². The minimum absolute atomic E-state index is 0.0130. The molecule has 1 N–H and O–H groups in total. The zero-order valence-corrected chi connectivity index (χ0v) is 8.65. The highest BCUT2D eigenvalue weighted by Gasteiger charge is 2.27. The van der Waals surface area contributed by atoms with Crippen LogP contribution in [0.15, 0.2) is 0 Å². The number of carbonyl (C=O) groups is 1. The van der Waals surface area contributed by atoms with Crippen LogP contribution in [0, 0.1) is 0 Å². The van der Waals surface area contributed by atoms with Crippen LogP contribution in [0.25, 0.3) is 0 Å². The third kappa shape index (κ3) is 2.14. The number of thioether (sulfide) groups is 1. The van der Waals surface area contributed by atoms with Gasteiger partial charge in [0, 0.05) is 11.8 Å². The van der Waals surface area contributed by atoms with E-state index in [2.05, 4.69) is 18.5 Å². The van der Waals surface area contributed by atoms with Crippen LogP contribution in [0.2, 0.25) is 0 Å². The summed E-state index contributed by atoms with van der Waals surface area (Å²) in [6.07, 6.45) is 2.07. The van der Waals surface area contributed by atoms with E-state index in [0.29, 0.717) is 11.9 Å². The molecule has 2 atom stereocenters. The number of rotatable bonds is 3. The molecule has 0 radical (unpaired) electrons. The number of amides is 1. The van der Waals surface area contributed by atoms with Gasteiger partial charge in [-0.25, -0.2) is 0 Å². The Balaban J connectivity index is 2.39. The van der Waals surface area contributed by atoms with Gasteiger partial charge in [-0.15, -0.1) is 0 Å². The van der Waals surface area contributed by atoms with Gasteiger partial charge in [-0.05, 0) is 13.2 Å². The van der Waals surface area contributed by atoms with E-state index in [0.717, 1.165) is 6.54 Å². The van der Waals surface area contributed by atoms with Gasteiger partial charge in [0.05, 0.1) is 12.7 Å². The number of carbonyl (C=O) groups excluding carboxylic acids is 1. The number of nitrogens with one attached hydrogen (secondary N) is 1. The molecule has 2 unspecified atom stereocenters. The van der Waals surface area contributed by atoms with Crippen molar-refractivity contribution in [2.24, 2.45) is 0 Å². The van der Waals surface area contributed by atoms with Gasteiger partial charge in [0.25, 0.3) is 0 Å². The average Bonchev–Trinajstić information content (AvgIpc) is 2.36. The third-order valence-electron chi connectivity index (χ3n) is 2.15. The summed E-state index contributed by atoms with van der Waals surface area (Å²) in [5, 5.41) is 3.64. The van der Waals surface area contributed by atoms with Crippen LogP contribution < -0.4 is 5.32 Å². The second-order valence-electron chi connectivity index (χ2n) is 3.19. The molecular weight excluding hydrogens is 172 g/mol. The fourth-order valence-corrected chi connectivity index (χ4v) is 1.55. The van der Waals surface area contributed by atoms with Gasteiger partial charge in [0.1, 0.15) is 0 Å². The highest BCUT2D eigenvalue weighted by atomic mass is 32.2. The largest absolute Gasteiger partial charge is 0.327 e. The van der Waals surface area contributed by atoms with E-state index in [-0.39, 0.29) is 11.9 Å². The molecule has 0 bridgehead atoms. The van der Waals surface area contributed by atoms with E-state index in [1.807, 2.05) is 11.8 Å². The molecule has 0 aromatic rings. The van der Waals surface area contributed by atoms with Gasteiger partial charge in [0.15, 0.2) is 0 Å². The summed E-state index contributed by atoms with van der Waals surface area (Å²) in [6.45, 7) is 5.62. The van der Waals surface area contributed by atoms with Gasteiger partial charge in [-0.1, -0.05) is 6.92 Å². The highest BCUT2D eigenvalue weighted by Crippen LogP contribution is 2.10. The first kappa shape index (κ1) is 9.86. The van der Waals surface area contributed by atoms with Crippen LogP contribution in [0.1, 0.15) is 13.8 Å². The molecule has 1 amide bonds. The molecule has 4 heteroatoms. The molecule has 12 heavy (non-hydrogen) atoms. The zero-order valence-electron chi connectivity index (χ0n) is 7.83. The van der Waals surface area contributed by atoms with Crippen LogP contribution in [-0.2, 0) is 4.79 Å². The molecule has 0 saturated carbocycles. The van der Waals surface area contributed by atoms with Crippen molar-refractivity contribution in [1.29, 1.82) is 0 Å². The average molecular weight is 188 g/mol. The smallest absolute Gasteiger partial charge is 0.240 e. The Bertz CT molecular complexity index is 174. The van der Waals surface area contributed by atoms with E-state index in [9.17, 15) is 4.79 Å². The van der Waals surface area contributed by atoms with Crippen molar-refractivity contribution in [3.63, 3.8) is 0 Å². The summed E-state index contributed by atoms with van der Waals surface area (Å²) in [5.41, 5.74) is 0. The van der Waals surface area contributed by atoms with Crippen molar-refractivity contribution in [2.45, 2.75) is 25.1 Å². The Labute approximate surface area is 77.9 Å². The normalized spacial score (nSPS) is 26.4. The molecule has 1 rings (SSSR count). The summed E-state index contributed by atoms with van der Waals surface area (Å²) in [4.78, 5) is 13.3. The predicted octanol–water partition coefficient (Wildman–Crippen LogP) is 0.516. The molecule has 70 valence electrons. The van der Waals surface area contributed by atoms with Gasteiger partial charge in [0.2, 0.25) is 5.91 Å². The van der Waals surface area contributed by atoms with Gasteiger partial charge in [-0.2, -0.15) is 11.8 Å². The van der Waals surface area contributed by atoms with Crippen LogP contribution >= 0.6 is 11.8 Å². The lowest BCUT2D eigenvalue weighted by Crippen LogP contribution is -2.33. The Morgan fingerprint density at radius 2 is 2.50 bits per heavy atom. The Hall–Kier alpha value is -0.220. The van der Waals surface area contributed by atoms with E-state index >= 15 is 0 Å². The summed E-state index contributed by atoms with van der Waals surface area (Å²) in [6, 6.07) is 0.0130. The first-order valence-corrected chi connectivity index (χ1v) is 5.49. The van der Waals surface area contributed by atoms with Crippen LogP contribution in [0.3, 0.4) is 0 Å². The molecule has 0 spiro atoms. The fourth-order valence-electron chi connectivity index (χ4n) is 1.23. The Kier molecular flexibility index (Phi) is 3.40. The number of nitrogens with zero attached hydrogens (tertiary/aromatic N) is 1. The molecule has 1 heterocycles. The quantitative estimate of drug-likeness (QED) is 0.700. The van der Waals surface area contributed by atoms with E-state index in [1.54, 1.807) is 11.8 Å². The van der Waals surface area contributed by atoms with Crippen LogP contribution in [-0.4, -0.2) is 41.6 Å². The minimum Gasteiger partial charge on any atom is -0.327 e. The molecule has 0 aliphatic carbocycles. The van der Waals surface area contributed by atoms with Crippen molar-refractivity contribution in [3.8, 4) is 0 Å². The van der Waals surface area contributed by atoms with Crippen LogP contribution in [0.4, 0.5) is 0 Å². The molecule has 1 saturated heterocycles. The van der Waals surface area contributed by atoms with Gasteiger partial charge >= 0.3 is 0 Å². The van der Waals surface area contributed by atoms with Crippen molar-refractivity contribution >= 4 is 17.7 Å². The highest BCUT2D eigenvalue weighted by molar-refractivity contribution is 7.99. The number of hydrogen-bond donors (Lipinski definition) is 1. The number of hydrogen-bond acceptors (Lipinski definition) is 3. The lowest BCUT2D eigenvalue weighted by molar-refractivity contribution is -0.128. The second kappa shape index (κ2) is 4.14. The standard InChI is InChI=1S/C8H16N2OS/c1-6(12-3)4-10-5-9-7(2)8(10)11/h6-7,9H,4-5H2,1-3H3. The third-order valence-corrected chi connectivity index (χ3v) is 3.10. The van der Waals surface area contributed by atoms with E-state index < -0.39 is 0 Å². The Morgan fingerprint density at radius 1 is 1.83 bits per heavy atom. The van der Waals surface area contributed by atoms with Crippen LogP contribution in [0.5, 0.6) is 0 Å². The monoisotopic (exact) mass is 188 g/mol. The molecule has 0 aromatic heterocycles. The lowest BCUT2D eigenvalue weighted by Gasteiger charge is -2.18. The maximum absolute atomic E-state index is 11.4. The maximum atomic E-state index is 11.4. The van der Waals surface area contributed by atoms with E-state index in [4.69, 9.17) is 0 Å².